The fourth-order valence-corrected chi connectivity index (χ4v) is 3.59. The Morgan fingerprint density at radius 2 is 2.04 bits per heavy atom. The molecule has 0 spiro atoms. The van der Waals surface area contributed by atoms with Crippen LogP contribution >= 0.6 is 0 Å². The second-order valence-corrected chi connectivity index (χ2v) is 6.80. The summed E-state index contributed by atoms with van der Waals surface area (Å²) in [6.07, 6.45) is 1.83. The number of nitrogens with one attached hydrogen (secondary N) is 1. The minimum Gasteiger partial charge on any atom is -0.328 e. The molecule has 1 fully saturated rings. The van der Waals surface area contributed by atoms with Gasteiger partial charge in [0, 0.05) is 37.3 Å². The molecule has 2 heterocycles. The normalized spacial score (nSPS) is 14.1. The maximum atomic E-state index is 12.4. The monoisotopic (exact) mass is 362 g/mol. The second kappa shape index (κ2) is 7.23. The molecule has 1 saturated heterocycles. The van der Waals surface area contributed by atoms with Crippen LogP contribution in [0.3, 0.4) is 0 Å². The van der Waals surface area contributed by atoms with E-state index in [4.69, 9.17) is 0 Å². The van der Waals surface area contributed by atoms with E-state index in [1.807, 2.05) is 55.5 Å². The van der Waals surface area contributed by atoms with Gasteiger partial charge in [-0.25, -0.2) is 4.98 Å². The van der Waals surface area contributed by atoms with Crippen LogP contribution in [0.4, 0.5) is 11.4 Å². The quantitative estimate of drug-likeness (QED) is 0.755. The molecule has 2 aromatic carbocycles. The van der Waals surface area contributed by atoms with E-state index in [1.165, 1.54) is 0 Å². The number of carbonyl (C=O) groups excluding carboxylic acids is 2. The minimum absolute atomic E-state index is 0.0583. The number of benzene rings is 2. The van der Waals surface area contributed by atoms with Gasteiger partial charge in [0.25, 0.3) is 0 Å². The van der Waals surface area contributed by atoms with Crippen LogP contribution in [0.2, 0.25) is 0 Å². The maximum absolute atomic E-state index is 12.4. The fraction of sp³-hybridized carbons (Fsp3) is 0.286. The lowest BCUT2D eigenvalue weighted by atomic mass is 10.2. The van der Waals surface area contributed by atoms with Gasteiger partial charge < -0.3 is 14.8 Å². The van der Waals surface area contributed by atoms with E-state index in [0.717, 1.165) is 35.5 Å². The smallest absolute Gasteiger partial charge is 0.227 e. The van der Waals surface area contributed by atoms with Gasteiger partial charge in [0.1, 0.15) is 5.82 Å². The molecular formula is C21H22N4O2. The van der Waals surface area contributed by atoms with Crippen LogP contribution in [0.15, 0.2) is 48.5 Å². The summed E-state index contributed by atoms with van der Waals surface area (Å²) in [6, 6.07) is 15.4. The van der Waals surface area contributed by atoms with Crippen LogP contribution in [-0.2, 0) is 16.1 Å². The first-order chi connectivity index (χ1) is 13.1. The highest BCUT2D eigenvalue weighted by molar-refractivity contribution is 5.97. The number of hydrogen-bond acceptors (Lipinski definition) is 3. The molecule has 2 amide bonds. The summed E-state index contributed by atoms with van der Waals surface area (Å²) in [6.45, 7) is 3.26. The second-order valence-electron chi connectivity index (χ2n) is 6.80. The molecule has 6 heteroatoms. The van der Waals surface area contributed by atoms with E-state index in [-0.39, 0.29) is 11.8 Å². The van der Waals surface area contributed by atoms with Crippen molar-refractivity contribution in [1.29, 1.82) is 0 Å². The molecule has 1 aliphatic rings. The van der Waals surface area contributed by atoms with Crippen molar-refractivity contribution in [3.8, 4) is 0 Å². The standard InChI is InChI=1S/C21H22N4O2/c1-15-22-18-8-2-3-9-19(18)24(15)13-11-20(26)23-16-6-4-7-17(14-16)25-12-5-10-21(25)27/h2-4,6-9,14H,5,10-13H2,1H3,(H,23,26). The molecule has 4 rings (SSSR count). The van der Waals surface area contributed by atoms with E-state index in [2.05, 4.69) is 14.9 Å². The summed E-state index contributed by atoms with van der Waals surface area (Å²) in [5.41, 5.74) is 3.53. The number of para-hydroxylation sites is 2. The molecule has 1 aromatic heterocycles. The third-order valence-corrected chi connectivity index (χ3v) is 4.92. The number of anilines is 2. The van der Waals surface area contributed by atoms with Crippen LogP contribution < -0.4 is 10.2 Å². The Bertz CT molecular complexity index is 1010. The van der Waals surface area contributed by atoms with Crippen LogP contribution in [-0.4, -0.2) is 27.9 Å². The van der Waals surface area contributed by atoms with Crippen molar-refractivity contribution in [3.63, 3.8) is 0 Å². The number of hydrogen-bond donors (Lipinski definition) is 1. The van der Waals surface area contributed by atoms with E-state index in [9.17, 15) is 9.59 Å². The SMILES string of the molecule is Cc1nc2ccccc2n1CCC(=O)Nc1cccc(N2CCCC2=O)c1. The van der Waals surface area contributed by atoms with Crippen molar-refractivity contribution in [2.75, 3.05) is 16.8 Å². The maximum Gasteiger partial charge on any atom is 0.227 e. The molecule has 0 aliphatic carbocycles. The zero-order valence-electron chi connectivity index (χ0n) is 15.3. The molecule has 0 saturated carbocycles. The average Bonchev–Trinajstić information content (AvgIpc) is 3.22. The Hall–Kier alpha value is -3.15. The largest absolute Gasteiger partial charge is 0.328 e. The van der Waals surface area contributed by atoms with Crippen molar-refractivity contribution in [3.05, 3.63) is 54.4 Å². The summed E-state index contributed by atoms with van der Waals surface area (Å²) in [7, 11) is 0. The highest BCUT2D eigenvalue weighted by Gasteiger charge is 2.21. The highest BCUT2D eigenvalue weighted by atomic mass is 16.2. The number of imidazole rings is 1. The molecule has 3 aromatic rings. The Morgan fingerprint density at radius 3 is 2.85 bits per heavy atom. The molecule has 0 bridgehead atoms. The third-order valence-electron chi connectivity index (χ3n) is 4.92. The lowest BCUT2D eigenvalue weighted by molar-refractivity contribution is -0.117. The van der Waals surface area contributed by atoms with E-state index < -0.39 is 0 Å². The first kappa shape index (κ1) is 17.3. The zero-order chi connectivity index (χ0) is 18.8. The van der Waals surface area contributed by atoms with E-state index in [1.54, 1.807) is 4.90 Å². The van der Waals surface area contributed by atoms with Crippen molar-refractivity contribution in [2.45, 2.75) is 32.7 Å². The van der Waals surface area contributed by atoms with Crippen molar-refractivity contribution >= 4 is 34.2 Å². The van der Waals surface area contributed by atoms with Crippen LogP contribution in [0.1, 0.15) is 25.1 Å². The van der Waals surface area contributed by atoms with Gasteiger partial charge in [-0.2, -0.15) is 0 Å². The number of rotatable bonds is 5. The summed E-state index contributed by atoms with van der Waals surface area (Å²) in [5.74, 6) is 0.983. The minimum atomic E-state index is -0.0583. The lowest BCUT2D eigenvalue weighted by Gasteiger charge is -2.17. The summed E-state index contributed by atoms with van der Waals surface area (Å²) >= 11 is 0. The molecule has 1 aliphatic heterocycles. The van der Waals surface area contributed by atoms with Crippen LogP contribution in [0.5, 0.6) is 0 Å². The van der Waals surface area contributed by atoms with Gasteiger partial charge in [-0.15, -0.1) is 0 Å². The number of nitrogens with zero attached hydrogens (tertiary/aromatic N) is 3. The van der Waals surface area contributed by atoms with E-state index in [0.29, 0.717) is 25.1 Å². The number of aryl methyl sites for hydroxylation is 2. The molecule has 6 nitrogen and oxygen atoms in total. The summed E-state index contributed by atoms with van der Waals surface area (Å²) in [5, 5.41) is 2.94. The Morgan fingerprint density at radius 1 is 1.19 bits per heavy atom. The van der Waals surface area contributed by atoms with Gasteiger partial charge in [0.05, 0.1) is 11.0 Å². The van der Waals surface area contributed by atoms with Crippen molar-refractivity contribution in [2.24, 2.45) is 0 Å². The predicted octanol–water partition coefficient (Wildman–Crippen LogP) is 3.50. The molecular weight excluding hydrogens is 340 g/mol. The summed E-state index contributed by atoms with van der Waals surface area (Å²) in [4.78, 5) is 30.6. The van der Waals surface area contributed by atoms with Crippen LogP contribution in [0.25, 0.3) is 11.0 Å². The lowest BCUT2D eigenvalue weighted by Crippen LogP contribution is -2.23. The van der Waals surface area contributed by atoms with Gasteiger partial charge in [-0.3, -0.25) is 9.59 Å². The Labute approximate surface area is 157 Å². The molecule has 0 radical (unpaired) electrons. The zero-order valence-corrected chi connectivity index (χ0v) is 15.3. The average molecular weight is 362 g/mol. The van der Waals surface area contributed by atoms with Crippen molar-refractivity contribution < 1.29 is 9.59 Å². The number of aromatic nitrogens is 2. The first-order valence-corrected chi connectivity index (χ1v) is 9.24. The number of fused-ring (bicyclic) bond motifs is 1. The third kappa shape index (κ3) is 3.56. The van der Waals surface area contributed by atoms with E-state index >= 15 is 0 Å². The van der Waals surface area contributed by atoms with Crippen molar-refractivity contribution in [1.82, 2.24) is 9.55 Å². The fourth-order valence-electron chi connectivity index (χ4n) is 3.59. The van der Waals surface area contributed by atoms with Gasteiger partial charge >= 0.3 is 0 Å². The Kier molecular flexibility index (Phi) is 4.62. The molecule has 0 unspecified atom stereocenters. The molecule has 1 N–H and O–H groups in total. The first-order valence-electron chi connectivity index (χ1n) is 9.24. The van der Waals surface area contributed by atoms with Gasteiger partial charge in [-0.05, 0) is 43.7 Å². The predicted molar refractivity (Wildman–Crippen MR) is 106 cm³/mol. The van der Waals surface area contributed by atoms with Gasteiger partial charge in [0.2, 0.25) is 11.8 Å². The van der Waals surface area contributed by atoms with Crippen LogP contribution in [0, 0.1) is 6.92 Å². The van der Waals surface area contributed by atoms with Gasteiger partial charge in [0.15, 0.2) is 0 Å². The topological polar surface area (TPSA) is 67.2 Å². The number of amides is 2. The molecule has 0 atom stereocenters. The van der Waals surface area contributed by atoms with Gasteiger partial charge in [-0.1, -0.05) is 18.2 Å². The highest BCUT2D eigenvalue weighted by Crippen LogP contribution is 2.24. The number of carbonyl (C=O) groups is 2. The molecule has 138 valence electrons. The summed E-state index contributed by atoms with van der Waals surface area (Å²) < 4.78 is 2.06. The molecule has 27 heavy (non-hydrogen) atoms. The Balaban J connectivity index is 1.42.